The first-order valence-corrected chi connectivity index (χ1v) is 9.00. The highest BCUT2D eigenvalue weighted by atomic mass is 32.2. The second-order valence-electron chi connectivity index (χ2n) is 4.99. The molecule has 0 spiro atoms. The Morgan fingerprint density at radius 2 is 1.80 bits per heavy atom. The van der Waals surface area contributed by atoms with E-state index in [4.69, 9.17) is 4.74 Å². The van der Waals surface area contributed by atoms with Gasteiger partial charge in [0.2, 0.25) is 0 Å². The average molecular weight is 299 g/mol. The number of benzene rings is 1. The van der Waals surface area contributed by atoms with Crippen LogP contribution < -0.4 is 10.1 Å². The van der Waals surface area contributed by atoms with Gasteiger partial charge in [-0.3, -0.25) is 0 Å². The molecule has 1 aromatic rings. The van der Waals surface area contributed by atoms with Gasteiger partial charge in [0.05, 0.1) is 11.9 Å². The van der Waals surface area contributed by atoms with Crippen molar-refractivity contribution in [1.29, 1.82) is 0 Å². The van der Waals surface area contributed by atoms with Crippen LogP contribution in [0.1, 0.15) is 38.8 Å². The lowest BCUT2D eigenvalue weighted by molar-refractivity contribution is 0.317. The number of nitrogens with one attached hydrogen (secondary N) is 1. The minimum atomic E-state index is -3.09. The van der Waals surface area contributed by atoms with Gasteiger partial charge in [0.25, 0.3) is 0 Å². The Bertz CT molecular complexity index is 496. The van der Waals surface area contributed by atoms with Gasteiger partial charge in [-0.2, -0.15) is 0 Å². The maximum Gasteiger partial charge on any atom is 0.151 e. The minimum Gasteiger partial charge on any atom is -0.494 e. The highest BCUT2D eigenvalue weighted by Crippen LogP contribution is 2.24. The van der Waals surface area contributed by atoms with Crippen LogP contribution in [0, 0.1) is 0 Å². The van der Waals surface area contributed by atoms with E-state index in [1.54, 1.807) is 6.92 Å². The van der Waals surface area contributed by atoms with Gasteiger partial charge < -0.3 is 10.1 Å². The molecule has 0 heterocycles. The summed E-state index contributed by atoms with van der Waals surface area (Å²) in [5.41, 5.74) is 0.966. The molecule has 114 valence electrons. The lowest BCUT2D eigenvalue weighted by Crippen LogP contribution is -2.34. The molecule has 2 unspecified atom stereocenters. The SMILES string of the molecule is CCCOc1ccc(C(NCC)C(C)S(C)(=O)=O)cc1. The Morgan fingerprint density at radius 3 is 2.25 bits per heavy atom. The number of hydrogen-bond acceptors (Lipinski definition) is 4. The van der Waals surface area contributed by atoms with Crippen molar-refractivity contribution in [1.82, 2.24) is 5.32 Å². The summed E-state index contributed by atoms with van der Waals surface area (Å²) in [4.78, 5) is 0. The predicted molar refractivity (Wildman–Crippen MR) is 83.0 cm³/mol. The maximum absolute atomic E-state index is 11.8. The van der Waals surface area contributed by atoms with Crippen LogP contribution >= 0.6 is 0 Å². The van der Waals surface area contributed by atoms with Crippen LogP contribution in [0.5, 0.6) is 5.75 Å². The molecule has 0 saturated carbocycles. The van der Waals surface area contributed by atoms with E-state index < -0.39 is 15.1 Å². The van der Waals surface area contributed by atoms with E-state index in [2.05, 4.69) is 12.2 Å². The fraction of sp³-hybridized carbons (Fsp3) is 0.600. The smallest absolute Gasteiger partial charge is 0.151 e. The van der Waals surface area contributed by atoms with Crippen molar-refractivity contribution in [2.24, 2.45) is 0 Å². The summed E-state index contributed by atoms with van der Waals surface area (Å²) in [7, 11) is -3.09. The Kier molecular flexibility index (Phi) is 6.49. The molecule has 0 aliphatic rings. The number of rotatable bonds is 8. The summed E-state index contributed by atoms with van der Waals surface area (Å²) in [6, 6.07) is 7.45. The molecule has 2 atom stereocenters. The minimum absolute atomic E-state index is 0.199. The van der Waals surface area contributed by atoms with Crippen molar-refractivity contribution >= 4 is 9.84 Å². The van der Waals surface area contributed by atoms with Crippen LogP contribution in [-0.2, 0) is 9.84 Å². The van der Waals surface area contributed by atoms with Crippen molar-refractivity contribution in [2.75, 3.05) is 19.4 Å². The second kappa shape index (κ2) is 7.64. The van der Waals surface area contributed by atoms with E-state index in [0.717, 1.165) is 24.3 Å². The van der Waals surface area contributed by atoms with Crippen molar-refractivity contribution < 1.29 is 13.2 Å². The third kappa shape index (κ3) is 4.80. The van der Waals surface area contributed by atoms with Gasteiger partial charge in [-0.1, -0.05) is 26.0 Å². The molecule has 0 aromatic heterocycles. The third-order valence-electron chi connectivity index (χ3n) is 3.28. The second-order valence-corrected chi connectivity index (χ2v) is 7.39. The molecular formula is C15H25NO3S. The summed E-state index contributed by atoms with van der Waals surface area (Å²) in [5, 5.41) is 2.78. The fourth-order valence-corrected chi connectivity index (χ4v) is 2.76. The Balaban J connectivity index is 2.92. The lowest BCUT2D eigenvalue weighted by Gasteiger charge is -2.24. The number of sulfone groups is 1. The molecule has 1 aromatic carbocycles. The first-order chi connectivity index (χ1) is 9.40. The molecule has 0 aliphatic heterocycles. The Labute approximate surface area is 122 Å². The van der Waals surface area contributed by atoms with Crippen LogP contribution in [0.15, 0.2) is 24.3 Å². The van der Waals surface area contributed by atoms with E-state index in [-0.39, 0.29) is 6.04 Å². The first-order valence-electron chi connectivity index (χ1n) is 7.05. The van der Waals surface area contributed by atoms with E-state index in [9.17, 15) is 8.42 Å². The summed E-state index contributed by atoms with van der Waals surface area (Å²) < 4.78 is 29.1. The molecule has 0 radical (unpaired) electrons. The molecule has 0 fully saturated rings. The van der Waals surface area contributed by atoms with Crippen molar-refractivity contribution in [2.45, 2.75) is 38.5 Å². The van der Waals surface area contributed by atoms with E-state index in [1.165, 1.54) is 6.26 Å². The largest absolute Gasteiger partial charge is 0.494 e. The van der Waals surface area contributed by atoms with Crippen LogP contribution in [0.2, 0.25) is 0 Å². The Hall–Kier alpha value is -1.07. The molecule has 20 heavy (non-hydrogen) atoms. The molecule has 4 nitrogen and oxygen atoms in total. The lowest BCUT2D eigenvalue weighted by atomic mass is 10.0. The van der Waals surface area contributed by atoms with Crippen molar-refractivity contribution in [3.8, 4) is 5.75 Å². The zero-order chi connectivity index (χ0) is 15.2. The summed E-state index contributed by atoms with van der Waals surface area (Å²) >= 11 is 0. The van der Waals surface area contributed by atoms with Crippen LogP contribution in [0.25, 0.3) is 0 Å². The van der Waals surface area contributed by atoms with Crippen LogP contribution in [-0.4, -0.2) is 33.1 Å². The van der Waals surface area contributed by atoms with Gasteiger partial charge >= 0.3 is 0 Å². The number of ether oxygens (including phenoxy) is 1. The fourth-order valence-electron chi connectivity index (χ4n) is 2.01. The highest BCUT2D eigenvalue weighted by molar-refractivity contribution is 7.91. The summed E-state index contributed by atoms with van der Waals surface area (Å²) in [6.07, 6.45) is 2.24. The van der Waals surface area contributed by atoms with Gasteiger partial charge in [0.15, 0.2) is 9.84 Å². The molecular weight excluding hydrogens is 274 g/mol. The predicted octanol–water partition coefficient (Wildman–Crippen LogP) is 2.56. The molecule has 5 heteroatoms. The van der Waals surface area contributed by atoms with Gasteiger partial charge in [-0.15, -0.1) is 0 Å². The van der Waals surface area contributed by atoms with E-state index in [1.807, 2.05) is 31.2 Å². The molecule has 0 aliphatic carbocycles. The van der Waals surface area contributed by atoms with Crippen molar-refractivity contribution in [3.05, 3.63) is 29.8 Å². The average Bonchev–Trinajstić information content (AvgIpc) is 2.41. The summed E-state index contributed by atoms with van der Waals surface area (Å²) in [6.45, 7) is 7.18. The van der Waals surface area contributed by atoms with E-state index >= 15 is 0 Å². The quantitative estimate of drug-likeness (QED) is 0.801. The van der Waals surface area contributed by atoms with E-state index in [0.29, 0.717) is 6.61 Å². The topological polar surface area (TPSA) is 55.4 Å². The number of hydrogen-bond donors (Lipinski definition) is 1. The van der Waals surface area contributed by atoms with Gasteiger partial charge in [0, 0.05) is 12.3 Å². The monoisotopic (exact) mass is 299 g/mol. The molecule has 0 bridgehead atoms. The van der Waals surface area contributed by atoms with Gasteiger partial charge in [-0.05, 0) is 37.6 Å². The highest BCUT2D eigenvalue weighted by Gasteiger charge is 2.26. The Morgan fingerprint density at radius 1 is 1.20 bits per heavy atom. The zero-order valence-corrected chi connectivity index (χ0v) is 13.5. The van der Waals surface area contributed by atoms with Gasteiger partial charge in [-0.25, -0.2) is 8.42 Å². The van der Waals surface area contributed by atoms with Gasteiger partial charge in [0.1, 0.15) is 5.75 Å². The molecule has 0 saturated heterocycles. The van der Waals surface area contributed by atoms with Crippen LogP contribution in [0.3, 0.4) is 0 Å². The molecule has 0 amide bonds. The summed E-state index contributed by atoms with van der Waals surface area (Å²) in [5.74, 6) is 0.817. The first kappa shape index (κ1) is 17.0. The molecule has 1 rings (SSSR count). The molecule has 1 N–H and O–H groups in total. The van der Waals surface area contributed by atoms with Crippen molar-refractivity contribution in [3.63, 3.8) is 0 Å². The normalized spacial score (nSPS) is 14.8. The van der Waals surface area contributed by atoms with Crippen LogP contribution in [0.4, 0.5) is 0 Å². The maximum atomic E-state index is 11.8. The standard InChI is InChI=1S/C15H25NO3S/c1-5-11-19-14-9-7-13(8-10-14)15(16-6-2)12(3)20(4,17)18/h7-10,12,15-16H,5-6,11H2,1-4H3. The third-order valence-corrected chi connectivity index (χ3v) is 4.90. The zero-order valence-electron chi connectivity index (χ0n) is 12.7.